The second-order valence-corrected chi connectivity index (χ2v) is 6.32. The van der Waals surface area contributed by atoms with E-state index in [-0.39, 0.29) is 5.95 Å². The number of fused-ring (bicyclic) bond motifs is 1. The quantitative estimate of drug-likeness (QED) is 0.449. The molecule has 0 unspecified atom stereocenters. The number of hydrogen-bond acceptors (Lipinski definition) is 9. The van der Waals surface area contributed by atoms with Crippen LogP contribution in [0.15, 0.2) is 41.0 Å². The number of anilines is 1. The van der Waals surface area contributed by atoms with Crippen molar-refractivity contribution in [2.45, 2.75) is 12.7 Å². The molecule has 11 nitrogen and oxygen atoms in total. The molecule has 1 aromatic carbocycles. The number of aromatic nitrogens is 5. The van der Waals surface area contributed by atoms with Gasteiger partial charge in [0.25, 0.3) is 0 Å². The van der Waals surface area contributed by atoms with Crippen LogP contribution in [0.2, 0.25) is 0 Å². The zero-order valence-electron chi connectivity index (χ0n) is 17.2. The summed E-state index contributed by atoms with van der Waals surface area (Å²) in [7, 11) is 3.19. The molecular weight excluding hydrogens is 449 g/mol. The third kappa shape index (κ3) is 5.28. The van der Waals surface area contributed by atoms with Crippen LogP contribution in [0.5, 0.6) is 11.5 Å². The number of carbonyl (C=O) groups is 1. The van der Waals surface area contributed by atoms with E-state index < -0.39 is 12.1 Å². The lowest BCUT2D eigenvalue weighted by molar-refractivity contribution is -0.192. The van der Waals surface area contributed by atoms with Gasteiger partial charge < -0.3 is 24.7 Å². The minimum absolute atomic E-state index is 0.125. The monoisotopic (exact) mass is 466 g/mol. The maximum Gasteiger partial charge on any atom is 0.490 e. The van der Waals surface area contributed by atoms with Crippen LogP contribution < -0.4 is 15.2 Å². The van der Waals surface area contributed by atoms with E-state index in [1.165, 1.54) is 0 Å². The smallest absolute Gasteiger partial charge is 0.490 e. The minimum Gasteiger partial charge on any atom is -0.493 e. The lowest BCUT2D eigenvalue weighted by Gasteiger charge is -2.09. The molecule has 0 saturated heterocycles. The van der Waals surface area contributed by atoms with Crippen molar-refractivity contribution in [3.05, 3.63) is 42.2 Å². The Balaban J connectivity index is 0.000000383. The van der Waals surface area contributed by atoms with E-state index in [0.29, 0.717) is 40.7 Å². The lowest BCUT2D eigenvalue weighted by atomic mass is 10.2. The molecule has 4 rings (SSSR count). The Hall–Kier alpha value is -4.36. The minimum atomic E-state index is -5.08. The van der Waals surface area contributed by atoms with Gasteiger partial charge in [-0.05, 0) is 29.8 Å². The van der Waals surface area contributed by atoms with Crippen molar-refractivity contribution in [2.75, 3.05) is 20.0 Å². The molecule has 14 heteroatoms. The highest BCUT2D eigenvalue weighted by atomic mass is 19.4. The number of rotatable bonds is 5. The molecule has 0 spiro atoms. The van der Waals surface area contributed by atoms with Crippen LogP contribution in [0.1, 0.15) is 5.56 Å². The summed E-state index contributed by atoms with van der Waals surface area (Å²) in [5.74, 6) is -0.777. The number of methoxy groups -OCH3 is 2. The van der Waals surface area contributed by atoms with Gasteiger partial charge >= 0.3 is 12.1 Å². The van der Waals surface area contributed by atoms with Crippen molar-refractivity contribution in [1.29, 1.82) is 0 Å². The van der Waals surface area contributed by atoms with Gasteiger partial charge in [-0.1, -0.05) is 11.3 Å². The van der Waals surface area contributed by atoms with Crippen molar-refractivity contribution < 1.29 is 37.0 Å². The molecule has 0 aliphatic heterocycles. The highest BCUT2D eigenvalue weighted by Crippen LogP contribution is 2.29. The van der Waals surface area contributed by atoms with Crippen LogP contribution >= 0.6 is 0 Å². The van der Waals surface area contributed by atoms with E-state index in [0.717, 1.165) is 5.56 Å². The van der Waals surface area contributed by atoms with Crippen LogP contribution in [-0.2, 0) is 11.3 Å². The van der Waals surface area contributed by atoms with Crippen molar-refractivity contribution in [2.24, 2.45) is 0 Å². The van der Waals surface area contributed by atoms with Gasteiger partial charge in [-0.25, -0.2) is 14.5 Å². The number of furan rings is 1. The van der Waals surface area contributed by atoms with Gasteiger partial charge in [0.05, 0.1) is 27.0 Å². The maximum absolute atomic E-state index is 10.6. The SMILES string of the molecule is COc1ccc(Cn2nnc3c(-c4ccco4)nc(N)nc32)cc1OC.O=C(O)C(F)(F)F. The van der Waals surface area contributed by atoms with E-state index in [1.54, 1.807) is 37.3 Å². The first-order valence-electron chi connectivity index (χ1n) is 9.05. The number of nitrogens with two attached hydrogens (primary N) is 1. The standard InChI is InChI=1S/C17H16N6O3.C2HF3O2/c1-24-11-6-5-10(8-13(11)25-2)9-23-16-15(21-22-23)14(19-17(18)20-16)12-4-3-7-26-12;3-2(4,5)1(6)7/h3-8H,9H2,1-2H3,(H2,18,19,20);(H,6,7). The summed E-state index contributed by atoms with van der Waals surface area (Å²) in [4.78, 5) is 17.4. The Labute approximate surface area is 183 Å². The molecule has 0 saturated carbocycles. The molecule has 0 amide bonds. The Kier molecular flexibility index (Phi) is 6.65. The summed E-state index contributed by atoms with van der Waals surface area (Å²) >= 11 is 0. The van der Waals surface area contributed by atoms with Gasteiger partial charge in [0, 0.05) is 0 Å². The molecule has 33 heavy (non-hydrogen) atoms. The lowest BCUT2D eigenvalue weighted by Crippen LogP contribution is -2.21. The summed E-state index contributed by atoms with van der Waals surface area (Å²) in [6.45, 7) is 0.435. The Morgan fingerprint density at radius 3 is 2.45 bits per heavy atom. The van der Waals surface area contributed by atoms with Gasteiger partial charge in [-0.3, -0.25) is 0 Å². The van der Waals surface area contributed by atoms with Gasteiger partial charge in [0.1, 0.15) is 5.69 Å². The van der Waals surface area contributed by atoms with E-state index in [4.69, 9.17) is 29.5 Å². The Morgan fingerprint density at radius 2 is 1.88 bits per heavy atom. The first kappa shape index (κ1) is 23.3. The fourth-order valence-electron chi connectivity index (χ4n) is 2.72. The summed E-state index contributed by atoms with van der Waals surface area (Å²) in [5, 5.41) is 15.5. The van der Waals surface area contributed by atoms with Crippen LogP contribution in [0.25, 0.3) is 22.6 Å². The molecular formula is C19H17F3N6O5. The average molecular weight is 466 g/mol. The number of ether oxygens (including phenoxy) is 2. The fourth-order valence-corrected chi connectivity index (χ4v) is 2.72. The molecule has 4 aromatic rings. The number of aliphatic carboxylic acids is 1. The van der Waals surface area contributed by atoms with Crippen molar-refractivity contribution in [3.63, 3.8) is 0 Å². The first-order chi connectivity index (χ1) is 15.6. The predicted octanol–water partition coefficient (Wildman–Crippen LogP) is 2.76. The van der Waals surface area contributed by atoms with Crippen LogP contribution in [0.4, 0.5) is 19.1 Å². The van der Waals surface area contributed by atoms with E-state index >= 15 is 0 Å². The molecule has 174 valence electrons. The molecule has 0 aliphatic carbocycles. The van der Waals surface area contributed by atoms with Gasteiger partial charge in [0.2, 0.25) is 5.95 Å². The number of alkyl halides is 3. The molecule has 0 atom stereocenters. The zero-order valence-corrected chi connectivity index (χ0v) is 17.2. The summed E-state index contributed by atoms with van der Waals surface area (Å²) in [6.07, 6.45) is -3.52. The number of nitrogen functional groups attached to an aromatic ring is 1. The second-order valence-electron chi connectivity index (χ2n) is 6.32. The topological polar surface area (TPSA) is 151 Å². The van der Waals surface area contributed by atoms with Crippen LogP contribution in [0.3, 0.4) is 0 Å². The summed E-state index contributed by atoms with van der Waals surface area (Å²) in [5.41, 5.74) is 8.38. The third-order valence-electron chi connectivity index (χ3n) is 4.16. The molecule has 0 aliphatic rings. The third-order valence-corrected chi connectivity index (χ3v) is 4.16. The van der Waals surface area contributed by atoms with Crippen molar-refractivity contribution in [3.8, 4) is 23.0 Å². The number of carboxylic acids is 1. The number of carboxylic acid groups (broad SMARTS) is 1. The average Bonchev–Trinajstić information content (AvgIpc) is 3.44. The van der Waals surface area contributed by atoms with Crippen LogP contribution in [0, 0.1) is 0 Å². The number of hydrogen-bond donors (Lipinski definition) is 2. The van der Waals surface area contributed by atoms with Gasteiger partial charge in [0.15, 0.2) is 28.4 Å². The second kappa shape index (κ2) is 9.42. The normalized spacial score (nSPS) is 11.1. The molecule has 3 N–H and O–H groups in total. The number of halogens is 3. The summed E-state index contributed by atoms with van der Waals surface area (Å²) < 4.78 is 49.4. The predicted molar refractivity (Wildman–Crippen MR) is 108 cm³/mol. The first-order valence-corrected chi connectivity index (χ1v) is 9.05. The summed E-state index contributed by atoms with van der Waals surface area (Å²) in [6, 6.07) is 9.20. The molecule has 3 aromatic heterocycles. The number of benzene rings is 1. The Bertz CT molecular complexity index is 1260. The van der Waals surface area contributed by atoms with Gasteiger partial charge in [-0.2, -0.15) is 18.2 Å². The number of nitrogens with zero attached hydrogens (tertiary/aromatic N) is 5. The van der Waals surface area contributed by atoms with E-state index in [1.807, 2.05) is 18.2 Å². The molecule has 0 radical (unpaired) electrons. The molecule has 0 bridgehead atoms. The largest absolute Gasteiger partial charge is 0.493 e. The van der Waals surface area contributed by atoms with E-state index in [9.17, 15) is 13.2 Å². The fraction of sp³-hybridized carbons (Fsp3) is 0.211. The van der Waals surface area contributed by atoms with E-state index in [2.05, 4.69) is 20.3 Å². The van der Waals surface area contributed by atoms with Crippen LogP contribution in [-0.4, -0.2) is 56.4 Å². The highest BCUT2D eigenvalue weighted by Gasteiger charge is 2.38. The van der Waals surface area contributed by atoms with Gasteiger partial charge in [-0.15, -0.1) is 5.10 Å². The Morgan fingerprint density at radius 1 is 1.18 bits per heavy atom. The van der Waals surface area contributed by atoms with Crippen molar-refractivity contribution in [1.82, 2.24) is 25.0 Å². The molecule has 0 fully saturated rings. The van der Waals surface area contributed by atoms with Crippen molar-refractivity contribution >= 4 is 23.1 Å². The molecule has 3 heterocycles. The zero-order chi connectivity index (χ0) is 24.2. The maximum atomic E-state index is 10.6. The highest BCUT2D eigenvalue weighted by molar-refractivity contribution is 5.85.